The SMILES string of the molecule is Cc1ccc2c(c1N1c3nccnc3N(C)[C@@H]1C)-c1ccccc1-c1ccccc1-c1ccccc1-2. The fourth-order valence-corrected chi connectivity index (χ4v) is 5.91. The number of rotatable bonds is 1. The molecule has 0 saturated carbocycles. The second-order valence-corrected chi connectivity index (χ2v) is 9.61. The molecule has 4 heteroatoms. The van der Waals surface area contributed by atoms with Crippen molar-refractivity contribution in [1.82, 2.24) is 9.97 Å². The lowest BCUT2D eigenvalue weighted by Gasteiger charge is -2.32. The van der Waals surface area contributed by atoms with Crippen molar-refractivity contribution in [2.75, 3.05) is 16.8 Å². The van der Waals surface area contributed by atoms with Crippen molar-refractivity contribution in [1.29, 1.82) is 0 Å². The molecule has 1 aliphatic carbocycles. The lowest BCUT2D eigenvalue weighted by Crippen LogP contribution is -2.36. The van der Waals surface area contributed by atoms with Crippen molar-refractivity contribution in [3.63, 3.8) is 0 Å². The van der Waals surface area contributed by atoms with Gasteiger partial charge in [-0.1, -0.05) is 84.9 Å². The van der Waals surface area contributed by atoms with Crippen LogP contribution in [0.5, 0.6) is 0 Å². The summed E-state index contributed by atoms with van der Waals surface area (Å²) < 4.78 is 0. The van der Waals surface area contributed by atoms with Gasteiger partial charge >= 0.3 is 0 Å². The number of hydrogen-bond acceptors (Lipinski definition) is 4. The van der Waals surface area contributed by atoms with Crippen molar-refractivity contribution in [2.24, 2.45) is 0 Å². The van der Waals surface area contributed by atoms with Gasteiger partial charge in [-0.25, -0.2) is 9.97 Å². The third-order valence-corrected chi connectivity index (χ3v) is 7.70. The fraction of sp³-hybridized carbons (Fsp3) is 0.125. The number of hydrogen-bond donors (Lipinski definition) is 0. The molecule has 36 heavy (non-hydrogen) atoms. The first-order valence-corrected chi connectivity index (χ1v) is 12.4. The van der Waals surface area contributed by atoms with Crippen molar-refractivity contribution in [3.05, 3.63) is 103 Å². The molecule has 0 amide bonds. The van der Waals surface area contributed by atoms with Crippen LogP contribution in [-0.2, 0) is 0 Å². The van der Waals surface area contributed by atoms with Gasteiger partial charge in [0, 0.05) is 25.0 Å². The van der Waals surface area contributed by atoms with Gasteiger partial charge in [0.25, 0.3) is 0 Å². The summed E-state index contributed by atoms with van der Waals surface area (Å²) in [6.45, 7) is 4.43. The zero-order valence-corrected chi connectivity index (χ0v) is 20.6. The molecule has 5 aromatic rings. The first-order chi connectivity index (χ1) is 17.6. The minimum absolute atomic E-state index is 0.0766. The second-order valence-electron chi connectivity index (χ2n) is 9.61. The maximum Gasteiger partial charge on any atom is 0.178 e. The van der Waals surface area contributed by atoms with Gasteiger partial charge in [-0.15, -0.1) is 0 Å². The Morgan fingerprint density at radius 2 is 1.06 bits per heavy atom. The summed E-state index contributed by atoms with van der Waals surface area (Å²) in [5, 5.41) is 0. The molecule has 0 bridgehead atoms. The summed E-state index contributed by atoms with van der Waals surface area (Å²) >= 11 is 0. The van der Waals surface area contributed by atoms with Crippen LogP contribution in [0, 0.1) is 6.92 Å². The topological polar surface area (TPSA) is 32.3 Å². The van der Waals surface area contributed by atoms with Crippen LogP contribution in [0.1, 0.15) is 12.5 Å². The van der Waals surface area contributed by atoms with Crippen LogP contribution in [0.15, 0.2) is 97.3 Å². The normalized spacial score (nSPS) is 15.2. The average molecular weight is 467 g/mol. The number of fused-ring (bicyclic) bond motifs is 9. The first-order valence-electron chi connectivity index (χ1n) is 12.4. The van der Waals surface area contributed by atoms with E-state index in [1.165, 1.54) is 55.8 Å². The predicted molar refractivity (Wildman–Crippen MR) is 149 cm³/mol. The largest absolute Gasteiger partial charge is 0.336 e. The van der Waals surface area contributed by atoms with E-state index in [1.807, 2.05) is 0 Å². The van der Waals surface area contributed by atoms with E-state index in [1.54, 1.807) is 12.4 Å². The van der Waals surface area contributed by atoms with E-state index in [2.05, 4.69) is 121 Å². The molecular formula is C32H26N4. The van der Waals surface area contributed by atoms with Crippen molar-refractivity contribution in [2.45, 2.75) is 20.0 Å². The minimum atomic E-state index is 0.0766. The molecule has 0 spiro atoms. The highest BCUT2D eigenvalue weighted by molar-refractivity contribution is 6.07. The van der Waals surface area contributed by atoms with E-state index in [0.717, 1.165) is 11.6 Å². The molecule has 0 saturated heterocycles. The first kappa shape index (κ1) is 20.9. The zero-order valence-electron chi connectivity index (χ0n) is 20.6. The molecule has 2 heterocycles. The van der Waals surface area contributed by atoms with E-state index in [0.29, 0.717) is 0 Å². The van der Waals surface area contributed by atoms with Crippen LogP contribution in [0.25, 0.3) is 44.5 Å². The van der Waals surface area contributed by atoms with E-state index in [9.17, 15) is 0 Å². The number of aromatic nitrogens is 2. The maximum absolute atomic E-state index is 4.81. The van der Waals surface area contributed by atoms with Gasteiger partial charge in [0.15, 0.2) is 11.6 Å². The Kier molecular flexibility index (Phi) is 4.52. The quantitative estimate of drug-likeness (QED) is 0.248. The molecule has 0 fully saturated rings. The monoisotopic (exact) mass is 466 g/mol. The van der Waals surface area contributed by atoms with Crippen LogP contribution < -0.4 is 9.80 Å². The van der Waals surface area contributed by atoms with E-state index in [-0.39, 0.29) is 6.17 Å². The third kappa shape index (κ3) is 2.81. The Labute approximate surface area is 211 Å². The van der Waals surface area contributed by atoms with Crippen LogP contribution in [0.2, 0.25) is 0 Å². The number of nitrogens with zero attached hydrogens (tertiary/aromatic N) is 4. The van der Waals surface area contributed by atoms with E-state index >= 15 is 0 Å². The predicted octanol–water partition coefficient (Wildman–Crippen LogP) is 7.70. The molecule has 2 aliphatic rings. The van der Waals surface area contributed by atoms with Gasteiger partial charge in [-0.3, -0.25) is 0 Å². The smallest absolute Gasteiger partial charge is 0.178 e. The van der Waals surface area contributed by atoms with E-state index in [4.69, 9.17) is 4.98 Å². The highest BCUT2D eigenvalue weighted by atomic mass is 15.5. The van der Waals surface area contributed by atoms with Gasteiger partial charge < -0.3 is 9.80 Å². The Morgan fingerprint density at radius 3 is 1.64 bits per heavy atom. The van der Waals surface area contributed by atoms with E-state index < -0.39 is 0 Å². The lowest BCUT2D eigenvalue weighted by molar-refractivity contribution is 0.726. The molecule has 0 radical (unpaired) electrons. The van der Waals surface area contributed by atoms with Crippen molar-refractivity contribution < 1.29 is 0 Å². The van der Waals surface area contributed by atoms with Crippen molar-refractivity contribution >= 4 is 17.3 Å². The van der Waals surface area contributed by atoms with Gasteiger partial charge in [-0.05, 0) is 58.4 Å². The van der Waals surface area contributed by atoms with Crippen LogP contribution in [0.4, 0.5) is 17.3 Å². The Balaban J connectivity index is 1.64. The van der Waals surface area contributed by atoms with Crippen LogP contribution in [0.3, 0.4) is 0 Å². The second kappa shape index (κ2) is 7.79. The molecule has 0 unspecified atom stereocenters. The molecule has 1 aromatic heterocycles. The summed E-state index contributed by atoms with van der Waals surface area (Å²) in [6.07, 6.45) is 3.64. The van der Waals surface area contributed by atoms with Gasteiger partial charge in [0.05, 0.1) is 5.69 Å². The third-order valence-electron chi connectivity index (χ3n) is 7.70. The minimum Gasteiger partial charge on any atom is -0.336 e. The van der Waals surface area contributed by atoms with Gasteiger partial charge in [-0.2, -0.15) is 0 Å². The Bertz CT molecular complexity index is 1650. The summed E-state index contributed by atoms with van der Waals surface area (Å²) in [6, 6.07) is 30.9. The van der Waals surface area contributed by atoms with Gasteiger partial charge in [0.1, 0.15) is 6.17 Å². The standard InChI is InChI=1S/C32H26N4/c1-20-16-17-28-26-14-7-6-12-24(26)22-10-4-5-11-23(22)25-13-8-9-15-27(25)29(28)30(20)36-21(2)35(3)31-32(36)34-19-18-33-31/h4-19,21H,1-3H3/t21-/m0/s1. The summed E-state index contributed by atoms with van der Waals surface area (Å²) in [4.78, 5) is 14.1. The molecule has 4 nitrogen and oxygen atoms in total. The lowest BCUT2D eigenvalue weighted by atomic mass is 9.79. The highest BCUT2D eigenvalue weighted by Crippen LogP contribution is 2.53. The van der Waals surface area contributed by atoms with Gasteiger partial charge in [0.2, 0.25) is 0 Å². The zero-order chi connectivity index (χ0) is 24.4. The summed E-state index contributed by atoms with van der Waals surface area (Å²) in [7, 11) is 2.10. The summed E-state index contributed by atoms with van der Waals surface area (Å²) in [5.74, 6) is 1.81. The fourth-order valence-electron chi connectivity index (χ4n) is 5.91. The molecule has 1 atom stereocenters. The maximum atomic E-state index is 4.81. The number of benzene rings is 4. The molecule has 0 N–H and O–H groups in total. The van der Waals surface area contributed by atoms with Crippen LogP contribution >= 0.6 is 0 Å². The molecule has 4 aromatic carbocycles. The Morgan fingerprint density at radius 1 is 0.583 bits per heavy atom. The molecule has 174 valence electrons. The summed E-state index contributed by atoms with van der Waals surface area (Å²) in [5.41, 5.74) is 12.4. The van der Waals surface area contributed by atoms with Crippen LogP contribution in [-0.4, -0.2) is 23.2 Å². The average Bonchev–Trinajstić information content (AvgIpc) is 3.17. The molecule has 1 aliphatic heterocycles. The molecular weight excluding hydrogens is 440 g/mol. The number of aryl methyl sites for hydroxylation is 1. The van der Waals surface area contributed by atoms with Crippen molar-refractivity contribution in [3.8, 4) is 44.5 Å². The Hall–Kier alpha value is -4.44. The number of anilines is 3. The highest BCUT2D eigenvalue weighted by Gasteiger charge is 2.37. The molecule has 7 rings (SSSR count).